The first-order valence-electron chi connectivity index (χ1n) is 11.6. The van der Waals surface area contributed by atoms with Crippen LogP contribution in [0.25, 0.3) is 0 Å². The lowest BCUT2D eigenvalue weighted by atomic mass is 9.70. The fourth-order valence-electron chi connectivity index (χ4n) is 4.68. The van der Waals surface area contributed by atoms with E-state index in [9.17, 15) is 13.0 Å². The van der Waals surface area contributed by atoms with Crippen LogP contribution in [0, 0.1) is 17.8 Å². The molecule has 0 aromatic heterocycles. The SMILES string of the molecule is CC(C)CC(C)CC(C)C(C)(C)c1ccccc1S(=O)(=O)O.CNC1CCCCC1. The van der Waals surface area contributed by atoms with Crippen LogP contribution in [0.5, 0.6) is 0 Å². The topological polar surface area (TPSA) is 66.4 Å². The average Bonchev–Trinajstić information content (AvgIpc) is 2.67. The van der Waals surface area contributed by atoms with Gasteiger partial charge in [0.1, 0.15) is 0 Å². The first-order chi connectivity index (χ1) is 13.9. The second-order valence-electron chi connectivity index (χ2n) is 10.2. The van der Waals surface area contributed by atoms with Gasteiger partial charge in [-0.15, -0.1) is 0 Å². The van der Waals surface area contributed by atoms with Gasteiger partial charge in [0.05, 0.1) is 4.90 Å². The van der Waals surface area contributed by atoms with E-state index >= 15 is 0 Å². The van der Waals surface area contributed by atoms with Gasteiger partial charge < -0.3 is 5.32 Å². The van der Waals surface area contributed by atoms with Crippen molar-refractivity contribution in [1.29, 1.82) is 0 Å². The lowest BCUT2D eigenvalue weighted by Gasteiger charge is -2.35. The molecule has 2 unspecified atom stereocenters. The van der Waals surface area contributed by atoms with Crippen LogP contribution in [-0.2, 0) is 15.5 Å². The van der Waals surface area contributed by atoms with Crippen molar-refractivity contribution in [2.75, 3.05) is 7.05 Å². The molecule has 1 aliphatic rings. The summed E-state index contributed by atoms with van der Waals surface area (Å²) in [7, 11) is -2.13. The minimum absolute atomic E-state index is 0.0309. The van der Waals surface area contributed by atoms with Crippen LogP contribution >= 0.6 is 0 Å². The Bertz CT molecular complexity index is 722. The summed E-state index contributed by atoms with van der Waals surface area (Å²) >= 11 is 0. The van der Waals surface area contributed by atoms with Gasteiger partial charge in [0.25, 0.3) is 10.1 Å². The number of nitrogens with one attached hydrogen (secondary N) is 1. The Morgan fingerprint density at radius 2 is 1.60 bits per heavy atom. The first kappa shape index (κ1) is 27.1. The number of hydrogen-bond acceptors (Lipinski definition) is 3. The van der Waals surface area contributed by atoms with Gasteiger partial charge in [-0.25, -0.2) is 0 Å². The lowest BCUT2D eigenvalue weighted by Crippen LogP contribution is -2.30. The van der Waals surface area contributed by atoms with Crippen LogP contribution in [0.1, 0.15) is 92.1 Å². The molecule has 1 fully saturated rings. The highest BCUT2D eigenvalue weighted by atomic mass is 32.2. The zero-order chi connectivity index (χ0) is 22.9. The Morgan fingerprint density at radius 1 is 1.03 bits per heavy atom. The zero-order valence-electron chi connectivity index (χ0n) is 20.2. The van der Waals surface area contributed by atoms with E-state index < -0.39 is 10.1 Å². The fourth-order valence-corrected chi connectivity index (χ4v) is 5.54. The zero-order valence-corrected chi connectivity index (χ0v) is 21.1. The molecule has 174 valence electrons. The highest BCUT2D eigenvalue weighted by molar-refractivity contribution is 7.85. The summed E-state index contributed by atoms with van der Waals surface area (Å²) < 4.78 is 32.8. The highest BCUT2D eigenvalue weighted by Crippen LogP contribution is 2.39. The van der Waals surface area contributed by atoms with E-state index in [1.54, 1.807) is 6.07 Å². The molecule has 5 heteroatoms. The van der Waals surface area contributed by atoms with Crippen LogP contribution in [0.3, 0.4) is 0 Å². The molecule has 0 amide bonds. The Labute approximate surface area is 186 Å². The Balaban J connectivity index is 0.000000467. The molecule has 30 heavy (non-hydrogen) atoms. The van der Waals surface area contributed by atoms with Crippen molar-refractivity contribution < 1.29 is 13.0 Å². The van der Waals surface area contributed by atoms with E-state index in [0.717, 1.165) is 12.5 Å². The van der Waals surface area contributed by atoms with Gasteiger partial charge in [-0.1, -0.05) is 79.0 Å². The van der Waals surface area contributed by atoms with Crippen LogP contribution < -0.4 is 5.32 Å². The van der Waals surface area contributed by atoms with Crippen LogP contribution in [-0.4, -0.2) is 26.1 Å². The second-order valence-corrected chi connectivity index (χ2v) is 11.6. The van der Waals surface area contributed by atoms with Crippen molar-refractivity contribution in [1.82, 2.24) is 5.32 Å². The van der Waals surface area contributed by atoms with E-state index in [2.05, 4.69) is 53.9 Å². The molecule has 1 aromatic rings. The third-order valence-corrected chi connectivity index (χ3v) is 7.65. The molecule has 2 N–H and O–H groups in total. The molecule has 2 rings (SSSR count). The molecule has 0 saturated heterocycles. The van der Waals surface area contributed by atoms with Crippen molar-refractivity contribution in [2.45, 2.75) is 103 Å². The van der Waals surface area contributed by atoms with E-state index in [1.807, 2.05) is 12.1 Å². The molecule has 1 saturated carbocycles. The predicted octanol–water partition coefficient (Wildman–Crippen LogP) is 6.46. The molecule has 0 bridgehead atoms. The summed E-state index contributed by atoms with van der Waals surface area (Å²) in [5.41, 5.74) is 0.374. The first-order valence-corrected chi connectivity index (χ1v) is 13.1. The molecule has 1 aliphatic carbocycles. The molecular formula is C25H45NO3S. The van der Waals surface area contributed by atoms with Gasteiger partial charge in [0.15, 0.2) is 0 Å². The Kier molecular flexibility index (Phi) is 11.0. The minimum atomic E-state index is -4.20. The number of rotatable bonds is 8. The van der Waals surface area contributed by atoms with Gasteiger partial charge in [-0.05, 0) is 67.5 Å². The summed E-state index contributed by atoms with van der Waals surface area (Å²) in [5.74, 6) is 1.56. The average molecular weight is 440 g/mol. The Hall–Kier alpha value is -0.910. The Morgan fingerprint density at radius 3 is 2.07 bits per heavy atom. The maximum Gasteiger partial charge on any atom is 0.294 e. The lowest BCUT2D eigenvalue weighted by molar-refractivity contribution is 0.260. The molecule has 0 heterocycles. The third-order valence-electron chi connectivity index (χ3n) is 6.73. The molecule has 0 radical (unpaired) electrons. The van der Waals surface area contributed by atoms with Gasteiger partial charge >= 0.3 is 0 Å². The summed E-state index contributed by atoms with van der Waals surface area (Å²) in [4.78, 5) is 0.0309. The molecular weight excluding hydrogens is 394 g/mol. The van der Waals surface area contributed by atoms with Crippen LogP contribution in [0.2, 0.25) is 0 Å². The van der Waals surface area contributed by atoms with Crippen LogP contribution in [0.15, 0.2) is 29.2 Å². The molecule has 0 aliphatic heterocycles. The van der Waals surface area contributed by atoms with Gasteiger partial charge in [0, 0.05) is 6.04 Å². The smallest absolute Gasteiger partial charge is 0.294 e. The summed E-state index contributed by atoms with van der Waals surface area (Å²) in [6, 6.07) is 7.61. The third kappa shape index (κ3) is 8.68. The summed E-state index contributed by atoms with van der Waals surface area (Å²) in [5, 5.41) is 3.30. The summed E-state index contributed by atoms with van der Waals surface area (Å²) in [6.45, 7) is 13.0. The standard InChI is InChI=1S/C18H30O3S.C7H15N/c1-13(2)11-14(3)12-15(4)18(5,6)16-9-7-8-10-17(16)22(19,20)21;1-8-7-5-3-2-4-6-7/h7-10,13-15H,11-12H2,1-6H3,(H,19,20,21);7-8H,2-6H2,1H3. The maximum atomic E-state index is 11.6. The number of hydrogen-bond donors (Lipinski definition) is 2. The molecule has 4 nitrogen and oxygen atoms in total. The van der Waals surface area contributed by atoms with Crippen molar-refractivity contribution in [3.05, 3.63) is 29.8 Å². The highest BCUT2D eigenvalue weighted by Gasteiger charge is 2.33. The fraction of sp³-hybridized carbons (Fsp3) is 0.760. The largest absolute Gasteiger partial charge is 0.317 e. The second kappa shape index (κ2) is 12.2. The van der Waals surface area contributed by atoms with E-state index in [4.69, 9.17) is 0 Å². The molecule has 0 spiro atoms. The minimum Gasteiger partial charge on any atom is -0.317 e. The van der Waals surface area contributed by atoms with E-state index in [0.29, 0.717) is 23.3 Å². The monoisotopic (exact) mass is 439 g/mol. The van der Waals surface area contributed by atoms with Crippen molar-refractivity contribution in [2.24, 2.45) is 17.8 Å². The maximum absolute atomic E-state index is 11.6. The predicted molar refractivity (Wildman–Crippen MR) is 128 cm³/mol. The molecule has 1 aromatic carbocycles. The van der Waals surface area contributed by atoms with E-state index in [1.165, 1.54) is 44.6 Å². The van der Waals surface area contributed by atoms with E-state index in [-0.39, 0.29) is 10.3 Å². The number of benzene rings is 1. The van der Waals surface area contributed by atoms with Crippen molar-refractivity contribution in [3.8, 4) is 0 Å². The van der Waals surface area contributed by atoms with Gasteiger partial charge in [-0.2, -0.15) is 8.42 Å². The van der Waals surface area contributed by atoms with Crippen LogP contribution in [0.4, 0.5) is 0 Å². The van der Waals surface area contributed by atoms with Gasteiger partial charge in [0.2, 0.25) is 0 Å². The summed E-state index contributed by atoms with van der Waals surface area (Å²) in [6.07, 6.45) is 9.33. The molecule has 2 atom stereocenters. The van der Waals surface area contributed by atoms with Gasteiger partial charge in [-0.3, -0.25) is 4.55 Å². The van der Waals surface area contributed by atoms with Crippen molar-refractivity contribution >= 4 is 10.1 Å². The quantitative estimate of drug-likeness (QED) is 0.456. The normalized spacial score (nSPS) is 17.9. The van der Waals surface area contributed by atoms with Crippen molar-refractivity contribution in [3.63, 3.8) is 0 Å².